The van der Waals surface area contributed by atoms with Crippen molar-refractivity contribution >= 4 is 18.3 Å². The van der Waals surface area contributed by atoms with E-state index in [0.29, 0.717) is 19.5 Å². The number of benzene rings is 1. The lowest BCUT2D eigenvalue weighted by atomic mass is 9.71. The number of amides is 1. The van der Waals surface area contributed by atoms with Gasteiger partial charge in [-0.1, -0.05) is 49.1 Å². The molecular weight excluding hydrogens is 296 g/mol. The summed E-state index contributed by atoms with van der Waals surface area (Å²) in [5.41, 5.74) is 8.47. The van der Waals surface area contributed by atoms with Crippen molar-refractivity contribution in [3.8, 4) is 0 Å². The Hall–Kier alpha value is -1.06. The Morgan fingerprint density at radius 3 is 2.32 bits per heavy atom. The first-order valence-electron chi connectivity index (χ1n) is 8.04. The van der Waals surface area contributed by atoms with Gasteiger partial charge in [0.15, 0.2) is 0 Å². The first-order chi connectivity index (χ1) is 10.0. The molecule has 0 aromatic heterocycles. The predicted molar refractivity (Wildman–Crippen MR) is 94.1 cm³/mol. The Bertz CT molecular complexity index is 466. The van der Waals surface area contributed by atoms with Crippen LogP contribution in [-0.4, -0.2) is 24.4 Å². The molecule has 0 saturated heterocycles. The first-order valence-corrected chi connectivity index (χ1v) is 8.04. The molecule has 1 aliphatic carbocycles. The lowest BCUT2D eigenvalue weighted by Gasteiger charge is -2.36. The number of aryl methyl sites for hydroxylation is 1. The summed E-state index contributed by atoms with van der Waals surface area (Å²) in [6.45, 7) is 3.39. The largest absolute Gasteiger partial charge is 0.341 e. The molecule has 0 bridgehead atoms. The van der Waals surface area contributed by atoms with Gasteiger partial charge in [-0.3, -0.25) is 4.79 Å². The lowest BCUT2D eigenvalue weighted by molar-refractivity contribution is -0.133. The van der Waals surface area contributed by atoms with E-state index in [1.54, 1.807) is 0 Å². The molecule has 3 nitrogen and oxygen atoms in total. The predicted octanol–water partition coefficient (Wildman–Crippen LogP) is 3.67. The van der Waals surface area contributed by atoms with Crippen LogP contribution in [0, 0.1) is 12.3 Å². The van der Waals surface area contributed by atoms with E-state index in [-0.39, 0.29) is 23.7 Å². The molecule has 1 aliphatic rings. The zero-order valence-corrected chi connectivity index (χ0v) is 14.6. The molecule has 0 radical (unpaired) electrons. The molecule has 4 heteroatoms. The fourth-order valence-electron chi connectivity index (χ4n) is 3.27. The van der Waals surface area contributed by atoms with Crippen molar-refractivity contribution in [1.82, 2.24) is 4.90 Å². The number of nitrogens with two attached hydrogens (primary N) is 1. The lowest BCUT2D eigenvalue weighted by Crippen LogP contribution is -2.39. The van der Waals surface area contributed by atoms with Crippen molar-refractivity contribution in [3.63, 3.8) is 0 Å². The van der Waals surface area contributed by atoms with Crippen LogP contribution in [0.4, 0.5) is 0 Å². The first kappa shape index (κ1) is 19.0. The summed E-state index contributed by atoms with van der Waals surface area (Å²) >= 11 is 0. The van der Waals surface area contributed by atoms with E-state index in [2.05, 4.69) is 31.2 Å². The topological polar surface area (TPSA) is 46.3 Å². The Labute approximate surface area is 140 Å². The molecule has 0 unspecified atom stereocenters. The Kier molecular flexibility index (Phi) is 7.37. The summed E-state index contributed by atoms with van der Waals surface area (Å²) in [7, 11) is 1.90. The summed E-state index contributed by atoms with van der Waals surface area (Å²) in [5.74, 6) is 0.225. The van der Waals surface area contributed by atoms with Crippen LogP contribution in [0.15, 0.2) is 24.3 Å². The minimum atomic E-state index is 0. The van der Waals surface area contributed by atoms with Gasteiger partial charge in [0.1, 0.15) is 0 Å². The fourth-order valence-corrected chi connectivity index (χ4v) is 3.27. The average molecular weight is 325 g/mol. The van der Waals surface area contributed by atoms with Crippen LogP contribution >= 0.6 is 12.4 Å². The summed E-state index contributed by atoms with van der Waals surface area (Å²) in [5, 5.41) is 0. The Morgan fingerprint density at radius 1 is 1.18 bits per heavy atom. The highest BCUT2D eigenvalue weighted by Crippen LogP contribution is 2.38. The van der Waals surface area contributed by atoms with Crippen molar-refractivity contribution < 1.29 is 4.79 Å². The molecule has 2 rings (SSSR count). The Morgan fingerprint density at radius 2 is 1.77 bits per heavy atom. The average Bonchev–Trinajstić information content (AvgIpc) is 2.50. The highest BCUT2D eigenvalue weighted by Gasteiger charge is 2.33. The molecule has 1 saturated carbocycles. The second-order valence-electron chi connectivity index (χ2n) is 6.68. The number of halogens is 1. The van der Waals surface area contributed by atoms with Gasteiger partial charge in [-0.25, -0.2) is 0 Å². The molecule has 0 heterocycles. The summed E-state index contributed by atoms with van der Waals surface area (Å²) in [6.07, 6.45) is 6.53. The molecule has 124 valence electrons. The van der Waals surface area contributed by atoms with Crippen molar-refractivity contribution in [3.05, 3.63) is 35.4 Å². The van der Waals surface area contributed by atoms with E-state index >= 15 is 0 Å². The standard InChI is InChI=1S/C18H28N2O.ClH/c1-15-6-8-16(9-7-15)13-20(2)17(21)12-18(14-19)10-4-3-5-11-18;/h6-9H,3-5,10-14,19H2,1-2H3;1H. The van der Waals surface area contributed by atoms with Crippen LogP contribution < -0.4 is 5.73 Å². The maximum absolute atomic E-state index is 12.5. The van der Waals surface area contributed by atoms with E-state index in [1.807, 2.05) is 11.9 Å². The molecule has 1 aromatic carbocycles. The maximum Gasteiger partial charge on any atom is 0.223 e. The van der Waals surface area contributed by atoms with Crippen LogP contribution in [0.3, 0.4) is 0 Å². The van der Waals surface area contributed by atoms with E-state index < -0.39 is 0 Å². The number of hydrogen-bond acceptors (Lipinski definition) is 2. The van der Waals surface area contributed by atoms with Crippen molar-refractivity contribution in [1.29, 1.82) is 0 Å². The zero-order valence-electron chi connectivity index (χ0n) is 13.8. The molecule has 0 spiro atoms. The van der Waals surface area contributed by atoms with Gasteiger partial charge >= 0.3 is 0 Å². The summed E-state index contributed by atoms with van der Waals surface area (Å²) in [6, 6.07) is 8.38. The van der Waals surface area contributed by atoms with Crippen LogP contribution in [0.5, 0.6) is 0 Å². The quantitative estimate of drug-likeness (QED) is 0.898. The molecule has 0 aliphatic heterocycles. The fraction of sp³-hybridized carbons (Fsp3) is 0.611. The molecule has 2 N–H and O–H groups in total. The van der Waals surface area contributed by atoms with E-state index in [4.69, 9.17) is 5.73 Å². The smallest absolute Gasteiger partial charge is 0.223 e. The van der Waals surface area contributed by atoms with Gasteiger partial charge in [0, 0.05) is 20.0 Å². The van der Waals surface area contributed by atoms with Gasteiger partial charge in [-0.2, -0.15) is 0 Å². The summed E-state index contributed by atoms with van der Waals surface area (Å²) < 4.78 is 0. The summed E-state index contributed by atoms with van der Waals surface area (Å²) in [4.78, 5) is 14.4. The van der Waals surface area contributed by atoms with Gasteiger partial charge in [-0.05, 0) is 37.3 Å². The van der Waals surface area contributed by atoms with Gasteiger partial charge in [0.2, 0.25) is 5.91 Å². The van der Waals surface area contributed by atoms with Crippen LogP contribution in [-0.2, 0) is 11.3 Å². The second kappa shape index (κ2) is 8.54. The van der Waals surface area contributed by atoms with Crippen LogP contribution in [0.25, 0.3) is 0 Å². The highest BCUT2D eigenvalue weighted by atomic mass is 35.5. The van der Waals surface area contributed by atoms with Gasteiger partial charge in [0.05, 0.1) is 0 Å². The minimum absolute atomic E-state index is 0. The van der Waals surface area contributed by atoms with Crippen LogP contribution in [0.1, 0.15) is 49.7 Å². The number of rotatable bonds is 5. The molecular formula is C18H29ClN2O. The molecule has 1 aromatic rings. The second-order valence-corrected chi connectivity index (χ2v) is 6.68. The van der Waals surface area contributed by atoms with E-state index in [9.17, 15) is 4.79 Å². The third-order valence-corrected chi connectivity index (χ3v) is 4.84. The van der Waals surface area contributed by atoms with Gasteiger partial charge in [-0.15, -0.1) is 12.4 Å². The zero-order chi connectivity index (χ0) is 15.3. The van der Waals surface area contributed by atoms with Gasteiger partial charge in [0.25, 0.3) is 0 Å². The number of carbonyl (C=O) groups is 1. The third-order valence-electron chi connectivity index (χ3n) is 4.84. The number of hydrogen-bond donors (Lipinski definition) is 1. The number of nitrogens with zero attached hydrogens (tertiary/aromatic N) is 1. The van der Waals surface area contributed by atoms with Gasteiger partial charge < -0.3 is 10.6 Å². The molecule has 22 heavy (non-hydrogen) atoms. The molecule has 1 fully saturated rings. The van der Waals surface area contributed by atoms with Crippen molar-refractivity contribution in [2.75, 3.05) is 13.6 Å². The van der Waals surface area contributed by atoms with E-state index in [1.165, 1.54) is 30.4 Å². The highest BCUT2D eigenvalue weighted by molar-refractivity contribution is 5.85. The third kappa shape index (κ3) is 4.99. The molecule has 1 amide bonds. The SMILES string of the molecule is Cc1ccc(CN(C)C(=O)CC2(CN)CCCCC2)cc1.Cl. The monoisotopic (exact) mass is 324 g/mol. The Balaban J connectivity index is 0.00000242. The normalized spacial score (nSPS) is 16.7. The van der Waals surface area contributed by atoms with E-state index in [0.717, 1.165) is 12.8 Å². The van der Waals surface area contributed by atoms with Crippen molar-refractivity contribution in [2.45, 2.75) is 52.0 Å². The van der Waals surface area contributed by atoms with Crippen LogP contribution in [0.2, 0.25) is 0 Å². The molecule has 0 atom stereocenters. The minimum Gasteiger partial charge on any atom is -0.341 e. The number of carbonyl (C=O) groups excluding carboxylic acids is 1. The van der Waals surface area contributed by atoms with Crippen molar-refractivity contribution in [2.24, 2.45) is 11.1 Å². The maximum atomic E-state index is 12.5.